The molecule has 31 heavy (non-hydrogen) atoms. The average Bonchev–Trinajstić information content (AvgIpc) is 3.29. The molecule has 8 heteroatoms. The summed E-state index contributed by atoms with van der Waals surface area (Å²) in [7, 11) is 5.06. The van der Waals surface area contributed by atoms with Gasteiger partial charge in [0.25, 0.3) is 5.91 Å². The van der Waals surface area contributed by atoms with E-state index in [9.17, 15) is 4.79 Å². The lowest BCUT2D eigenvalue weighted by atomic mass is 10.2. The normalized spacial score (nSPS) is 16.0. The van der Waals surface area contributed by atoms with Gasteiger partial charge in [0.15, 0.2) is 5.96 Å². The quantitative estimate of drug-likeness (QED) is 0.340. The molecule has 0 spiro atoms. The molecule has 0 aliphatic carbocycles. The number of rotatable bonds is 8. The van der Waals surface area contributed by atoms with Crippen LogP contribution in [0.3, 0.4) is 0 Å². The number of ether oxygens (including phenoxy) is 2. The van der Waals surface area contributed by atoms with Crippen LogP contribution in [0, 0.1) is 0 Å². The number of nitrogens with one attached hydrogen (secondary N) is 3. The van der Waals surface area contributed by atoms with Crippen LogP contribution in [0.2, 0.25) is 0 Å². The SMILES string of the molecule is CN=C(NCCNC(=O)c1ccccc1)NC1CCN(c2cc(OC)cc(OC)c2)C1. The van der Waals surface area contributed by atoms with Gasteiger partial charge in [-0.15, -0.1) is 0 Å². The van der Waals surface area contributed by atoms with Crippen LogP contribution in [-0.2, 0) is 0 Å². The maximum absolute atomic E-state index is 12.1. The molecule has 0 saturated carbocycles. The number of hydrogen-bond donors (Lipinski definition) is 3. The molecule has 2 aromatic rings. The Morgan fingerprint density at radius 2 is 1.74 bits per heavy atom. The number of nitrogens with zero attached hydrogens (tertiary/aromatic N) is 2. The van der Waals surface area contributed by atoms with E-state index < -0.39 is 0 Å². The third-order valence-electron chi connectivity index (χ3n) is 5.19. The van der Waals surface area contributed by atoms with Gasteiger partial charge in [0, 0.05) is 68.7 Å². The van der Waals surface area contributed by atoms with Crippen LogP contribution in [-0.4, -0.2) is 65.4 Å². The van der Waals surface area contributed by atoms with Crippen LogP contribution in [0.5, 0.6) is 11.5 Å². The number of anilines is 1. The lowest BCUT2D eigenvalue weighted by Gasteiger charge is -2.21. The summed E-state index contributed by atoms with van der Waals surface area (Å²) in [5.74, 6) is 2.20. The molecule has 0 radical (unpaired) electrons. The summed E-state index contributed by atoms with van der Waals surface area (Å²) < 4.78 is 10.8. The Kier molecular flexibility index (Phi) is 7.98. The molecule has 0 aromatic heterocycles. The molecule has 0 bridgehead atoms. The number of carbonyl (C=O) groups is 1. The molecule has 1 aliphatic rings. The highest BCUT2D eigenvalue weighted by Gasteiger charge is 2.24. The van der Waals surface area contributed by atoms with E-state index in [4.69, 9.17) is 9.47 Å². The van der Waals surface area contributed by atoms with E-state index in [2.05, 4.69) is 25.8 Å². The first-order chi connectivity index (χ1) is 15.1. The fraction of sp³-hybridized carbons (Fsp3) is 0.391. The fourth-order valence-corrected chi connectivity index (χ4v) is 3.52. The highest BCUT2D eigenvalue weighted by Crippen LogP contribution is 2.30. The maximum atomic E-state index is 12.1. The summed E-state index contributed by atoms with van der Waals surface area (Å²) in [6.45, 7) is 2.87. The van der Waals surface area contributed by atoms with Crippen molar-refractivity contribution in [2.45, 2.75) is 12.5 Å². The smallest absolute Gasteiger partial charge is 0.251 e. The van der Waals surface area contributed by atoms with Gasteiger partial charge in [-0.25, -0.2) is 0 Å². The molecule has 1 heterocycles. The number of hydrogen-bond acceptors (Lipinski definition) is 5. The molecule has 1 amide bonds. The van der Waals surface area contributed by atoms with Crippen molar-refractivity contribution in [1.29, 1.82) is 0 Å². The van der Waals surface area contributed by atoms with E-state index in [0.29, 0.717) is 18.7 Å². The zero-order chi connectivity index (χ0) is 22.1. The van der Waals surface area contributed by atoms with Gasteiger partial charge < -0.3 is 30.3 Å². The second-order valence-corrected chi connectivity index (χ2v) is 7.27. The molecular formula is C23H31N5O3. The van der Waals surface area contributed by atoms with Gasteiger partial charge >= 0.3 is 0 Å². The van der Waals surface area contributed by atoms with Crippen molar-refractivity contribution >= 4 is 17.6 Å². The monoisotopic (exact) mass is 425 g/mol. The number of aliphatic imine (C=N–C) groups is 1. The van der Waals surface area contributed by atoms with Crippen molar-refractivity contribution in [3.05, 3.63) is 54.1 Å². The highest BCUT2D eigenvalue weighted by molar-refractivity contribution is 5.94. The van der Waals surface area contributed by atoms with E-state index in [1.165, 1.54) is 0 Å². The van der Waals surface area contributed by atoms with Gasteiger partial charge in [-0.05, 0) is 18.6 Å². The summed E-state index contributed by atoms with van der Waals surface area (Å²) in [5.41, 5.74) is 1.73. The first kappa shape index (κ1) is 22.3. The topological polar surface area (TPSA) is 87.2 Å². The zero-order valence-electron chi connectivity index (χ0n) is 18.4. The van der Waals surface area contributed by atoms with Gasteiger partial charge in [-0.2, -0.15) is 0 Å². The predicted octanol–water partition coefficient (Wildman–Crippen LogP) is 1.88. The van der Waals surface area contributed by atoms with Crippen LogP contribution < -0.4 is 30.3 Å². The van der Waals surface area contributed by atoms with E-state index in [-0.39, 0.29) is 11.9 Å². The van der Waals surface area contributed by atoms with Crippen LogP contribution in [0.25, 0.3) is 0 Å². The van der Waals surface area contributed by atoms with Gasteiger partial charge in [0.05, 0.1) is 14.2 Å². The van der Waals surface area contributed by atoms with Crippen molar-refractivity contribution in [3.63, 3.8) is 0 Å². The summed E-state index contributed by atoms with van der Waals surface area (Å²) in [6.07, 6.45) is 0.991. The number of guanidine groups is 1. The molecule has 1 saturated heterocycles. The number of amides is 1. The summed E-state index contributed by atoms with van der Waals surface area (Å²) in [4.78, 5) is 18.7. The minimum absolute atomic E-state index is 0.0782. The van der Waals surface area contributed by atoms with Crippen molar-refractivity contribution in [2.24, 2.45) is 4.99 Å². The second kappa shape index (κ2) is 11.1. The van der Waals surface area contributed by atoms with Crippen LogP contribution in [0.15, 0.2) is 53.5 Å². The summed E-state index contributed by atoms with van der Waals surface area (Å²) in [5, 5.41) is 9.63. The Labute approximate surface area is 183 Å². The van der Waals surface area contributed by atoms with Crippen molar-refractivity contribution in [3.8, 4) is 11.5 Å². The van der Waals surface area contributed by atoms with E-state index in [1.807, 2.05) is 36.4 Å². The molecule has 1 aliphatic heterocycles. The third-order valence-corrected chi connectivity index (χ3v) is 5.19. The molecule has 3 N–H and O–H groups in total. The zero-order valence-corrected chi connectivity index (χ0v) is 18.4. The predicted molar refractivity (Wildman–Crippen MR) is 123 cm³/mol. The van der Waals surface area contributed by atoms with Crippen molar-refractivity contribution < 1.29 is 14.3 Å². The second-order valence-electron chi connectivity index (χ2n) is 7.27. The summed E-state index contributed by atoms with van der Waals surface area (Å²) >= 11 is 0. The standard InChI is InChI=1S/C23H31N5O3/c1-24-23(26-11-10-25-22(29)17-7-5-4-6-8-17)27-18-9-12-28(16-18)19-13-20(30-2)15-21(14-19)31-3/h4-8,13-15,18H,9-12,16H2,1-3H3,(H,25,29)(H2,24,26,27). The number of methoxy groups -OCH3 is 2. The van der Waals surface area contributed by atoms with E-state index >= 15 is 0 Å². The Hall–Kier alpha value is -3.42. The Bertz CT molecular complexity index is 866. The van der Waals surface area contributed by atoms with Gasteiger partial charge in [-0.1, -0.05) is 18.2 Å². The van der Waals surface area contributed by atoms with Gasteiger partial charge in [0.2, 0.25) is 0 Å². The average molecular weight is 426 g/mol. The fourth-order valence-electron chi connectivity index (χ4n) is 3.52. The highest BCUT2D eigenvalue weighted by atomic mass is 16.5. The number of benzene rings is 2. The molecule has 1 atom stereocenters. The number of carbonyl (C=O) groups excluding carboxylic acids is 1. The molecule has 3 rings (SSSR count). The molecular weight excluding hydrogens is 394 g/mol. The Morgan fingerprint density at radius 3 is 2.39 bits per heavy atom. The van der Waals surface area contributed by atoms with Crippen molar-refractivity contribution in [2.75, 3.05) is 52.3 Å². The molecule has 1 fully saturated rings. The molecule has 166 valence electrons. The van der Waals surface area contributed by atoms with Crippen LogP contribution in [0.1, 0.15) is 16.8 Å². The third kappa shape index (κ3) is 6.28. The van der Waals surface area contributed by atoms with Crippen molar-refractivity contribution in [1.82, 2.24) is 16.0 Å². The lowest BCUT2D eigenvalue weighted by molar-refractivity contribution is 0.0954. The Morgan fingerprint density at radius 1 is 1.06 bits per heavy atom. The summed E-state index contributed by atoms with van der Waals surface area (Å²) in [6, 6.07) is 15.4. The molecule has 1 unspecified atom stereocenters. The Balaban J connectivity index is 1.45. The first-order valence-corrected chi connectivity index (χ1v) is 10.4. The first-order valence-electron chi connectivity index (χ1n) is 10.4. The van der Waals surface area contributed by atoms with E-state index in [0.717, 1.165) is 42.7 Å². The largest absolute Gasteiger partial charge is 0.497 e. The lowest BCUT2D eigenvalue weighted by Crippen LogP contribution is -2.46. The van der Waals surface area contributed by atoms with Crippen LogP contribution >= 0.6 is 0 Å². The minimum Gasteiger partial charge on any atom is -0.497 e. The molecule has 8 nitrogen and oxygen atoms in total. The van der Waals surface area contributed by atoms with Crippen LogP contribution in [0.4, 0.5) is 5.69 Å². The maximum Gasteiger partial charge on any atom is 0.251 e. The van der Waals surface area contributed by atoms with E-state index in [1.54, 1.807) is 33.4 Å². The minimum atomic E-state index is -0.0782. The van der Waals surface area contributed by atoms with Gasteiger partial charge in [-0.3, -0.25) is 9.79 Å². The van der Waals surface area contributed by atoms with Gasteiger partial charge in [0.1, 0.15) is 11.5 Å². The molecule has 2 aromatic carbocycles.